The number of hydrogen-bond donors (Lipinski definition) is 3. The number of rotatable bonds is 8. The van der Waals surface area contributed by atoms with E-state index in [4.69, 9.17) is 0 Å². The van der Waals surface area contributed by atoms with E-state index < -0.39 is 29.8 Å². The first kappa shape index (κ1) is 29.8. The monoisotopic (exact) mass is 577 g/mol. The van der Waals surface area contributed by atoms with Crippen molar-refractivity contribution in [3.8, 4) is 0 Å². The van der Waals surface area contributed by atoms with Gasteiger partial charge in [0.05, 0.1) is 5.56 Å². The van der Waals surface area contributed by atoms with Crippen molar-refractivity contribution in [1.29, 1.82) is 0 Å². The lowest BCUT2D eigenvalue weighted by Crippen LogP contribution is -2.52. The molecule has 3 N–H and O–H groups in total. The van der Waals surface area contributed by atoms with E-state index in [1.807, 2.05) is 0 Å². The van der Waals surface area contributed by atoms with E-state index in [1.54, 1.807) is 16.7 Å². The van der Waals surface area contributed by atoms with Crippen molar-refractivity contribution in [1.82, 2.24) is 15.5 Å². The Hall–Kier alpha value is -3.21. The molecule has 0 radical (unpaired) electrons. The predicted molar refractivity (Wildman–Crippen MR) is 146 cm³/mol. The number of alkyl halides is 3. The minimum atomic E-state index is -4.58. The molecule has 0 unspecified atom stereocenters. The van der Waals surface area contributed by atoms with Crippen molar-refractivity contribution in [3.05, 3.63) is 65.2 Å². The zero-order chi connectivity index (χ0) is 29.0. The number of amides is 3. The Labute approximate surface area is 235 Å². The van der Waals surface area contributed by atoms with Gasteiger partial charge in [0.25, 0.3) is 5.91 Å². The van der Waals surface area contributed by atoms with Crippen LogP contribution in [0.25, 0.3) is 0 Å². The van der Waals surface area contributed by atoms with Gasteiger partial charge in [-0.2, -0.15) is 13.2 Å². The summed E-state index contributed by atoms with van der Waals surface area (Å²) in [6.07, 6.45) is -3.51. The Balaban J connectivity index is 1.43. The Morgan fingerprint density at radius 1 is 1.07 bits per heavy atom. The first-order chi connectivity index (χ1) is 18.9. The topological polar surface area (TPSA) is 98.7 Å². The van der Waals surface area contributed by atoms with Crippen LogP contribution in [0, 0.1) is 5.92 Å². The molecule has 4 atom stereocenters. The molecule has 11 heteroatoms. The van der Waals surface area contributed by atoms with Crippen LogP contribution < -0.4 is 10.6 Å². The summed E-state index contributed by atoms with van der Waals surface area (Å²) in [7, 11) is 0. The number of carbonyl (C=O) groups is 3. The number of hydrogen-bond acceptors (Lipinski definition) is 4. The number of likely N-dealkylation sites (tertiary alicyclic amines) is 1. The van der Waals surface area contributed by atoms with E-state index in [2.05, 4.69) is 48.7 Å². The average molecular weight is 578 g/mol. The second-order valence-electron chi connectivity index (χ2n) is 10.7. The Morgan fingerprint density at radius 2 is 1.80 bits per heavy atom. The fourth-order valence-electron chi connectivity index (χ4n) is 5.54. The minimum absolute atomic E-state index is 0.0160. The molecule has 2 aliphatic rings. The largest absolute Gasteiger partial charge is 0.465 e. The van der Waals surface area contributed by atoms with Gasteiger partial charge in [0.2, 0.25) is 5.91 Å². The van der Waals surface area contributed by atoms with Crippen LogP contribution in [0.4, 0.5) is 18.0 Å². The summed E-state index contributed by atoms with van der Waals surface area (Å²) in [6, 6.07) is 11.3. The molecule has 0 bridgehead atoms. The van der Waals surface area contributed by atoms with Crippen molar-refractivity contribution in [2.75, 3.05) is 12.3 Å². The second-order valence-corrected chi connectivity index (χ2v) is 11.8. The van der Waals surface area contributed by atoms with Crippen LogP contribution in [0.15, 0.2) is 53.4 Å². The molecule has 4 rings (SSSR count). The zero-order valence-corrected chi connectivity index (χ0v) is 23.2. The maximum Gasteiger partial charge on any atom is 0.416 e. The van der Waals surface area contributed by atoms with E-state index in [-0.39, 0.29) is 29.5 Å². The van der Waals surface area contributed by atoms with Crippen molar-refractivity contribution in [2.24, 2.45) is 5.92 Å². The first-order valence-corrected chi connectivity index (χ1v) is 14.4. The van der Waals surface area contributed by atoms with Crippen LogP contribution in [0.3, 0.4) is 0 Å². The maximum absolute atomic E-state index is 13.4. The smallest absolute Gasteiger partial charge is 0.416 e. The van der Waals surface area contributed by atoms with Crippen LogP contribution in [-0.2, 0) is 11.0 Å². The lowest BCUT2D eigenvalue weighted by molar-refractivity contribution is -0.137. The number of halogens is 3. The maximum atomic E-state index is 13.4. The van der Waals surface area contributed by atoms with Crippen molar-refractivity contribution >= 4 is 29.7 Å². The molecule has 2 aromatic carbocycles. The van der Waals surface area contributed by atoms with Crippen LogP contribution in [0.1, 0.15) is 66.9 Å². The molecular weight excluding hydrogens is 543 g/mol. The number of carboxylic acid groups (broad SMARTS) is 1. The minimum Gasteiger partial charge on any atom is -0.465 e. The number of carbonyl (C=O) groups excluding carboxylic acids is 2. The van der Waals surface area contributed by atoms with Gasteiger partial charge in [0, 0.05) is 34.8 Å². The molecule has 3 amide bonds. The van der Waals surface area contributed by atoms with Gasteiger partial charge in [0.15, 0.2) is 0 Å². The van der Waals surface area contributed by atoms with Gasteiger partial charge in [-0.25, -0.2) is 4.79 Å². The molecule has 1 heterocycles. The Morgan fingerprint density at radius 3 is 2.45 bits per heavy atom. The molecule has 0 aromatic heterocycles. The standard InChI is InChI=1S/C29H34F3N3O4S/c1-17(2)18-6-9-23(10-7-18)40-16-20-15-22(33-28(38)39)8-11-25(20)35-13-12-24(27(35)37)34-26(36)19-4-3-5-21(14-19)29(30,31)32/h3-7,9-10,14,17,20,22,24-25,33H,8,11-13,15-16H2,1-2H3,(H,34,36)(H,38,39)/t20-,22+,24-,25-/m0/s1. The second kappa shape index (κ2) is 12.5. The predicted octanol–water partition coefficient (Wildman–Crippen LogP) is 5.76. The molecule has 2 fully saturated rings. The third-order valence-electron chi connectivity index (χ3n) is 7.68. The van der Waals surface area contributed by atoms with Gasteiger partial charge >= 0.3 is 12.3 Å². The Kier molecular flexibility index (Phi) is 9.33. The number of thioether (sulfide) groups is 1. The van der Waals surface area contributed by atoms with Crippen molar-refractivity contribution in [3.63, 3.8) is 0 Å². The van der Waals surface area contributed by atoms with Crippen LogP contribution in [0.5, 0.6) is 0 Å². The first-order valence-electron chi connectivity index (χ1n) is 13.4. The van der Waals surface area contributed by atoms with E-state index in [1.165, 1.54) is 17.7 Å². The quantitative estimate of drug-likeness (QED) is 0.347. The lowest BCUT2D eigenvalue weighted by Gasteiger charge is -2.41. The SMILES string of the molecule is CC(C)c1ccc(SC[C@@H]2C[C@H](NC(=O)O)CC[C@@H]2N2CC[C@H](NC(=O)c3cccc(C(F)(F)F)c3)C2=O)cc1. The molecule has 7 nitrogen and oxygen atoms in total. The van der Waals surface area contributed by atoms with Crippen molar-refractivity contribution < 1.29 is 32.7 Å². The summed E-state index contributed by atoms with van der Waals surface area (Å²) < 4.78 is 39.2. The highest BCUT2D eigenvalue weighted by Crippen LogP contribution is 2.36. The van der Waals surface area contributed by atoms with Gasteiger partial charge in [0.1, 0.15) is 6.04 Å². The van der Waals surface area contributed by atoms with E-state index in [0.29, 0.717) is 43.9 Å². The highest BCUT2D eigenvalue weighted by atomic mass is 32.2. The van der Waals surface area contributed by atoms with Crippen molar-refractivity contribution in [2.45, 2.75) is 74.6 Å². The highest BCUT2D eigenvalue weighted by molar-refractivity contribution is 7.99. The van der Waals surface area contributed by atoms with E-state index in [9.17, 15) is 32.7 Å². The summed E-state index contributed by atoms with van der Waals surface area (Å²) in [6.45, 7) is 4.68. The van der Waals surface area contributed by atoms with Gasteiger partial charge in [-0.3, -0.25) is 9.59 Å². The third-order valence-corrected chi connectivity index (χ3v) is 8.88. The molecule has 216 valence electrons. The molecule has 1 aliphatic carbocycles. The normalized spacial score (nSPS) is 23.4. The Bertz CT molecular complexity index is 1220. The fraction of sp³-hybridized carbons (Fsp3) is 0.483. The molecule has 0 spiro atoms. The lowest BCUT2D eigenvalue weighted by atomic mass is 9.81. The van der Waals surface area contributed by atoms with Crippen LogP contribution in [0.2, 0.25) is 0 Å². The molecule has 40 heavy (non-hydrogen) atoms. The van der Waals surface area contributed by atoms with Gasteiger partial charge in [-0.05, 0) is 73.4 Å². The van der Waals surface area contributed by atoms with Crippen LogP contribution >= 0.6 is 11.8 Å². The van der Waals surface area contributed by atoms with E-state index in [0.717, 1.165) is 17.0 Å². The zero-order valence-electron chi connectivity index (χ0n) is 22.4. The summed E-state index contributed by atoms with van der Waals surface area (Å²) in [5.41, 5.74) is 0.163. The molecule has 1 aliphatic heterocycles. The van der Waals surface area contributed by atoms with Gasteiger partial charge in [-0.15, -0.1) is 11.8 Å². The molecule has 1 saturated heterocycles. The van der Waals surface area contributed by atoms with Gasteiger partial charge in [-0.1, -0.05) is 32.0 Å². The summed E-state index contributed by atoms with van der Waals surface area (Å²) in [5, 5.41) is 14.4. The van der Waals surface area contributed by atoms with E-state index >= 15 is 0 Å². The number of benzene rings is 2. The average Bonchev–Trinajstić information content (AvgIpc) is 3.26. The third kappa shape index (κ3) is 7.30. The van der Waals surface area contributed by atoms with Crippen LogP contribution in [-0.4, -0.2) is 58.3 Å². The fourth-order valence-corrected chi connectivity index (χ4v) is 6.63. The number of nitrogens with one attached hydrogen (secondary N) is 2. The molecule has 1 saturated carbocycles. The summed E-state index contributed by atoms with van der Waals surface area (Å²) >= 11 is 1.67. The molecular formula is C29H34F3N3O4S. The highest BCUT2D eigenvalue weighted by Gasteiger charge is 2.42. The molecule has 2 aromatic rings. The summed E-state index contributed by atoms with van der Waals surface area (Å²) in [5.74, 6) is 0.146. The van der Waals surface area contributed by atoms with Gasteiger partial charge < -0.3 is 20.6 Å². The number of nitrogens with zero attached hydrogens (tertiary/aromatic N) is 1. The summed E-state index contributed by atoms with van der Waals surface area (Å²) in [4.78, 5) is 40.3.